The number of carboxylic acid groups (broad SMARTS) is 1. The van der Waals surface area contributed by atoms with Crippen LogP contribution in [0, 0.1) is 5.92 Å². The zero-order chi connectivity index (χ0) is 15.7. The van der Waals surface area contributed by atoms with Crippen molar-refractivity contribution in [1.29, 1.82) is 0 Å². The van der Waals surface area contributed by atoms with Crippen molar-refractivity contribution in [3.63, 3.8) is 0 Å². The van der Waals surface area contributed by atoms with Crippen molar-refractivity contribution < 1.29 is 19.1 Å². The first kappa shape index (κ1) is 14.7. The molecule has 114 valence electrons. The maximum atomic E-state index is 12.2. The lowest BCUT2D eigenvalue weighted by atomic mass is 10.0. The van der Waals surface area contributed by atoms with Gasteiger partial charge in [-0.25, -0.2) is 4.79 Å². The summed E-state index contributed by atoms with van der Waals surface area (Å²) >= 11 is 5.89. The van der Waals surface area contributed by atoms with Crippen LogP contribution in [0.15, 0.2) is 41.0 Å². The number of hydrogen-bond donors (Lipinski definition) is 2. The molecule has 0 radical (unpaired) electrons. The number of amides is 1. The van der Waals surface area contributed by atoms with Crippen molar-refractivity contribution in [2.75, 3.05) is 0 Å². The van der Waals surface area contributed by atoms with Gasteiger partial charge in [0.15, 0.2) is 5.76 Å². The van der Waals surface area contributed by atoms with Crippen molar-refractivity contribution in [1.82, 2.24) is 5.32 Å². The summed E-state index contributed by atoms with van der Waals surface area (Å²) in [5.41, 5.74) is 0.935. The summed E-state index contributed by atoms with van der Waals surface area (Å²) in [6, 6.07) is 8.45. The largest absolute Gasteiger partial charge is 0.478 e. The molecule has 22 heavy (non-hydrogen) atoms. The Bertz CT molecular complexity index is 703. The van der Waals surface area contributed by atoms with E-state index in [0.29, 0.717) is 10.9 Å². The lowest BCUT2D eigenvalue weighted by Crippen LogP contribution is -2.29. The number of benzene rings is 1. The molecule has 0 spiro atoms. The number of nitrogens with one attached hydrogen (secondary N) is 1. The lowest BCUT2D eigenvalue weighted by molar-refractivity contribution is 0.0695. The summed E-state index contributed by atoms with van der Waals surface area (Å²) in [6.07, 6.45) is 3.16. The monoisotopic (exact) mass is 319 g/mol. The van der Waals surface area contributed by atoms with Gasteiger partial charge in [-0.2, -0.15) is 0 Å². The fraction of sp³-hybridized carbons (Fsp3) is 0.250. The van der Waals surface area contributed by atoms with Crippen LogP contribution in [0.1, 0.15) is 45.4 Å². The van der Waals surface area contributed by atoms with Crippen LogP contribution in [0.3, 0.4) is 0 Å². The maximum absolute atomic E-state index is 12.2. The summed E-state index contributed by atoms with van der Waals surface area (Å²) in [6.45, 7) is 0. The lowest BCUT2D eigenvalue weighted by Gasteiger charge is -2.18. The molecule has 1 heterocycles. The number of carbonyl (C=O) groups excluding carboxylic acids is 1. The molecule has 2 N–H and O–H groups in total. The number of hydrogen-bond acceptors (Lipinski definition) is 3. The highest BCUT2D eigenvalue weighted by atomic mass is 35.5. The van der Waals surface area contributed by atoms with E-state index in [9.17, 15) is 9.59 Å². The zero-order valence-electron chi connectivity index (χ0n) is 11.6. The second kappa shape index (κ2) is 5.85. The summed E-state index contributed by atoms with van der Waals surface area (Å²) < 4.78 is 5.03. The van der Waals surface area contributed by atoms with Crippen LogP contribution in [-0.2, 0) is 0 Å². The Morgan fingerprint density at radius 1 is 1.27 bits per heavy atom. The Kier molecular flexibility index (Phi) is 3.90. The van der Waals surface area contributed by atoms with Gasteiger partial charge >= 0.3 is 5.97 Å². The third-order valence-electron chi connectivity index (χ3n) is 3.68. The minimum atomic E-state index is -1.13. The molecule has 6 heteroatoms. The van der Waals surface area contributed by atoms with Gasteiger partial charge in [-0.15, -0.1) is 0 Å². The van der Waals surface area contributed by atoms with E-state index in [1.165, 1.54) is 6.07 Å². The molecule has 1 aromatic heterocycles. The molecule has 1 unspecified atom stereocenters. The van der Waals surface area contributed by atoms with Gasteiger partial charge in [-0.05, 0) is 36.5 Å². The van der Waals surface area contributed by atoms with Crippen molar-refractivity contribution in [2.24, 2.45) is 5.92 Å². The van der Waals surface area contributed by atoms with Crippen molar-refractivity contribution in [2.45, 2.75) is 18.9 Å². The molecule has 3 rings (SSSR count). The van der Waals surface area contributed by atoms with E-state index in [1.807, 2.05) is 12.1 Å². The normalized spacial score (nSPS) is 15.3. The molecule has 1 aliphatic rings. The van der Waals surface area contributed by atoms with Crippen LogP contribution in [0.4, 0.5) is 0 Å². The second-order valence-corrected chi connectivity index (χ2v) is 5.78. The molecule has 1 aromatic carbocycles. The van der Waals surface area contributed by atoms with Gasteiger partial charge in [0.05, 0.1) is 11.6 Å². The minimum Gasteiger partial charge on any atom is -0.478 e. The quantitative estimate of drug-likeness (QED) is 0.883. The van der Waals surface area contributed by atoms with E-state index < -0.39 is 11.9 Å². The molecular weight excluding hydrogens is 306 g/mol. The summed E-state index contributed by atoms with van der Waals surface area (Å²) in [5.74, 6) is -1.16. The van der Waals surface area contributed by atoms with E-state index >= 15 is 0 Å². The van der Waals surface area contributed by atoms with Crippen LogP contribution in [0.5, 0.6) is 0 Å². The summed E-state index contributed by atoms with van der Waals surface area (Å²) in [7, 11) is 0. The highest BCUT2D eigenvalue weighted by Gasteiger charge is 2.34. The van der Waals surface area contributed by atoms with E-state index in [2.05, 4.69) is 5.32 Å². The van der Waals surface area contributed by atoms with Crippen LogP contribution < -0.4 is 5.32 Å². The number of halogens is 1. The Balaban J connectivity index is 1.77. The van der Waals surface area contributed by atoms with Gasteiger partial charge < -0.3 is 14.8 Å². The first-order valence-electron chi connectivity index (χ1n) is 6.93. The van der Waals surface area contributed by atoms with E-state index in [4.69, 9.17) is 21.1 Å². The fourth-order valence-electron chi connectivity index (χ4n) is 2.35. The average molecular weight is 320 g/mol. The average Bonchev–Trinajstić information content (AvgIpc) is 3.20. The second-order valence-electron chi connectivity index (χ2n) is 5.34. The van der Waals surface area contributed by atoms with Crippen molar-refractivity contribution in [3.05, 3.63) is 58.5 Å². The third-order valence-corrected chi connectivity index (χ3v) is 3.93. The number of furan rings is 1. The van der Waals surface area contributed by atoms with Gasteiger partial charge in [0.25, 0.3) is 5.91 Å². The van der Waals surface area contributed by atoms with Crippen LogP contribution in [0.2, 0.25) is 5.02 Å². The summed E-state index contributed by atoms with van der Waals surface area (Å²) in [5, 5.41) is 12.4. The molecule has 1 saturated carbocycles. The maximum Gasteiger partial charge on any atom is 0.338 e. The molecule has 1 fully saturated rings. The first-order valence-corrected chi connectivity index (χ1v) is 7.30. The SMILES string of the molecule is O=C(O)c1coc(C(=O)NC(c2ccc(Cl)cc2)C2CC2)c1. The van der Waals surface area contributed by atoms with Crippen molar-refractivity contribution in [3.8, 4) is 0 Å². The molecular formula is C16H14ClNO4. The van der Waals surface area contributed by atoms with Gasteiger partial charge in [0.2, 0.25) is 0 Å². The van der Waals surface area contributed by atoms with E-state index in [1.54, 1.807) is 12.1 Å². The number of carboxylic acids is 1. The van der Waals surface area contributed by atoms with E-state index in [0.717, 1.165) is 24.7 Å². The number of rotatable bonds is 5. The van der Waals surface area contributed by atoms with Gasteiger partial charge in [0.1, 0.15) is 6.26 Å². The van der Waals surface area contributed by atoms with Gasteiger partial charge in [-0.1, -0.05) is 23.7 Å². The predicted molar refractivity (Wildman–Crippen MR) is 80.1 cm³/mol. The minimum absolute atomic E-state index is 0.00277. The molecule has 1 aliphatic carbocycles. The number of aromatic carboxylic acids is 1. The Hall–Kier alpha value is -2.27. The molecule has 5 nitrogen and oxygen atoms in total. The molecule has 0 bridgehead atoms. The Morgan fingerprint density at radius 2 is 1.95 bits per heavy atom. The van der Waals surface area contributed by atoms with Gasteiger partial charge in [0, 0.05) is 11.1 Å². The first-order chi connectivity index (χ1) is 10.5. The standard InChI is InChI=1S/C16H14ClNO4/c17-12-5-3-10(4-6-12)14(9-1-2-9)18-15(19)13-7-11(8-22-13)16(20)21/h3-9,14H,1-2H2,(H,18,19)(H,20,21). The Labute approximate surface area is 131 Å². The highest BCUT2D eigenvalue weighted by molar-refractivity contribution is 6.30. The van der Waals surface area contributed by atoms with E-state index in [-0.39, 0.29) is 17.4 Å². The summed E-state index contributed by atoms with van der Waals surface area (Å²) in [4.78, 5) is 23.1. The van der Waals surface area contributed by atoms with Crippen molar-refractivity contribution >= 4 is 23.5 Å². The number of carbonyl (C=O) groups is 2. The molecule has 1 amide bonds. The Morgan fingerprint density at radius 3 is 2.50 bits per heavy atom. The molecule has 1 atom stereocenters. The van der Waals surface area contributed by atoms with Crippen LogP contribution in [0.25, 0.3) is 0 Å². The topological polar surface area (TPSA) is 79.5 Å². The molecule has 2 aromatic rings. The predicted octanol–water partition coefficient (Wildman–Crippen LogP) is 3.51. The third kappa shape index (κ3) is 3.14. The molecule has 0 aliphatic heterocycles. The van der Waals surface area contributed by atoms with Gasteiger partial charge in [-0.3, -0.25) is 4.79 Å². The fourth-order valence-corrected chi connectivity index (χ4v) is 2.48. The highest BCUT2D eigenvalue weighted by Crippen LogP contribution is 2.41. The van der Waals surface area contributed by atoms with Crippen LogP contribution >= 0.6 is 11.6 Å². The van der Waals surface area contributed by atoms with Crippen LogP contribution in [-0.4, -0.2) is 17.0 Å². The smallest absolute Gasteiger partial charge is 0.338 e. The molecule has 0 saturated heterocycles. The zero-order valence-corrected chi connectivity index (χ0v) is 12.3.